The summed E-state index contributed by atoms with van der Waals surface area (Å²) in [6, 6.07) is 2.00. The molecule has 1 aliphatic rings. The lowest BCUT2D eigenvalue weighted by Gasteiger charge is -2.14. The van der Waals surface area contributed by atoms with Crippen molar-refractivity contribution in [3.05, 3.63) is 46.1 Å². The maximum absolute atomic E-state index is 13.9. The van der Waals surface area contributed by atoms with Crippen LogP contribution < -0.4 is 5.32 Å². The SMILES string of the molecule is Cc1nnc(C[C@@H]2CC[C@H](NC(=O)c3ccc(F)c(Cl)c3F)C2)o1. The van der Waals surface area contributed by atoms with Gasteiger partial charge < -0.3 is 9.73 Å². The fourth-order valence-corrected chi connectivity index (χ4v) is 3.19. The number of hydrogen-bond acceptors (Lipinski definition) is 4. The van der Waals surface area contributed by atoms with Gasteiger partial charge in [-0.3, -0.25) is 4.79 Å². The molecule has 1 fully saturated rings. The van der Waals surface area contributed by atoms with Crippen LogP contribution in [0.1, 0.15) is 41.4 Å². The van der Waals surface area contributed by atoms with E-state index >= 15 is 0 Å². The summed E-state index contributed by atoms with van der Waals surface area (Å²) < 4.78 is 32.4. The van der Waals surface area contributed by atoms with E-state index < -0.39 is 22.6 Å². The minimum atomic E-state index is -1.04. The van der Waals surface area contributed by atoms with Gasteiger partial charge in [-0.05, 0) is 37.3 Å². The third-order valence-corrected chi connectivity index (χ3v) is 4.53. The summed E-state index contributed by atoms with van der Waals surface area (Å²) in [5.41, 5.74) is -0.252. The van der Waals surface area contributed by atoms with E-state index in [2.05, 4.69) is 15.5 Å². The van der Waals surface area contributed by atoms with Gasteiger partial charge in [0.15, 0.2) is 5.82 Å². The average molecular weight is 356 g/mol. The third-order valence-electron chi connectivity index (χ3n) is 4.19. The predicted octanol–water partition coefficient (Wildman–Crippen LogP) is 3.45. The first-order chi connectivity index (χ1) is 11.4. The number of nitrogens with one attached hydrogen (secondary N) is 1. The molecule has 0 unspecified atom stereocenters. The summed E-state index contributed by atoms with van der Waals surface area (Å²) in [6.45, 7) is 1.73. The second-order valence-corrected chi connectivity index (χ2v) is 6.37. The molecule has 5 nitrogen and oxygen atoms in total. The number of aryl methyl sites for hydroxylation is 1. The lowest BCUT2D eigenvalue weighted by atomic mass is 10.0. The summed E-state index contributed by atoms with van der Waals surface area (Å²) in [5.74, 6) is -1.09. The molecular formula is C16H16ClF2N3O2. The van der Waals surface area contributed by atoms with Crippen LogP contribution in [0.2, 0.25) is 5.02 Å². The van der Waals surface area contributed by atoms with Gasteiger partial charge in [-0.1, -0.05) is 11.6 Å². The molecule has 8 heteroatoms. The van der Waals surface area contributed by atoms with Crippen molar-refractivity contribution in [1.82, 2.24) is 15.5 Å². The normalized spacial score (nSPS) is 20.3. The standard InChI is InChI=1S/C16H16ClF2N3O2/c1-8-21-22-13(24-8)7-9-2-3-10(6-9)20-16(23)11-4-5-12(18)14(17)15(11)19/h4-5,9-10H,2-3,6-7H2,1H3,(H,20,23)/t9-,10+/m1/s1. The summed E-state index contributed by atoms with van der Waals surface area (Å²) in [6.07, 6.45) is 3.08. The Morgan fingerprint density at radius 1 is 1.38 bits per heavy atom. The number of nitrogens with zero attached hydrogens (tertiary/aromatic N) is 2. The highest BCUT2D eigenvalue weighted by Crippen LogP contribution is 2.29. The van der Waals surface area contributed by atoms with Crippen LogP contribution in [-0.4, -0.2) is 22.1 Å². The number of carbonyl (C=O) groups is 1. The number of amides is 1. The van der Waals surface area contributed by atoms with E-state index in [0.717, 1.165) is 31.4 Å². The molecule has 0 aliphatic heterocycles. The molecule has 1 N–H and O–H groups in total. The second-order valence-electron chi connectivity index (χ2n) is 5.99. The molecule has 0 radical (unpaired) electrons. The predicted molar refractivity (Wildman–Crippen MR) is 82.7 cm³/mol. The smallest absolute Gasteiger partial charge is 0.254 e. The number of halogens is 3. The van der Waals surface area contributed by atoms with Crippen molar-refractivity contribution in [3.8, 4) is 0 Å². The van der Waals surface area contributed by atoms with Gasteiger partial charge in [0.05, 0.1) is 5.56 Å². The Labute approximate surface area is 142 Å². The molecule has 128 valence electrons. The van der Waals surface area contributed by atoms with Gasteiger partial charge in [-0.25, -0.2) is 8.78 Å². The van der Waals surface area contributed by atoms with E-state index in [4.69, 9.17) is 16.0 Å². The van der Waals surface area contributed by atoms with Gasteiger partial charge in [-0.2, -0.15) is 0 Å². The maximum Gasteiger partial charge on any atom is 0.254 e. The Balaban J connectivity index is 1.59. The molecule has 1 aromatic carbocycles. The Bertz CT molecular complexity index is 766. The second kappa shape index (κ2) is 6.84. The first kappa shape index (κ1) is 16.8. The summed E-state index contributed by atoms with van der Waals surface area (Å²) in [5, 5.41) is 9.87. The first-order valence-electron chi connectivity index (χ1n) is 7.67. The van der Waals surface area contributed by atoms with Crippen LogP contribution in [0.15, 0.2) is 16.5 Å². The highest BCUT2D eigenvalue weighted by Gasteiger charge is 2.28. The molecule has 0 saturated heterocycles. The van der Waals surface area contributed by atoms with E-state index in [1.54, 1.807) is 6.92 Å². The molecular weight excluding hydrogens is 340 g/mol. The highest BCUT2D eigenvalue weighted by atomic mass is 35.5. The van der Waals surface area contributed by atoms with Gasteiger partial charge in [0.1, 0.15) is 10.8 Å². The van der Waals surface area contributed by atoms with Crippen LogP contribution >= 0.6 is 11.6 Å². The largest absolute Gasteiger partial charge is 0.426 e. The number of rotatable bonds is 4. The summed E-state index contributed by atoms with van der Waals surface area (Å²) >= 11 is 5.51. The number of carbonyl (C=O) groups excluding carboxylic acids is 1. The zero-order valence-electron chi connectivity index (χ0n) is 13.0. The summed E-state index contributed by atoms with van der Waals surface area (Å²) in [4.78, 5) is 12.2. The molecule has 24 heavy (non-hydrogen) atoms. The van der Waals surface area contributed by atoms with Crippen molar-refractivity contribution in [2.75, 3.05) is 0 Å². The van der Waals surface area contributed by atoms with Gasteiger partial charge >= 0.3 is 0 Å². The average Bonchev–Trinajstić information content (AvgIpc) is 3.14. The van der Waals surface area contributed by atoms with Crippen molar-refractivity contribution >= 4 is 17.5 Å². The Morgan fingerprint density at radius 2 is 2.17 bits per heavy atom. The van der Waals surface area contributed by atoms with E-state index in [0.29, 0.717) is 24.1 Å². The Kier molecular flexibility index (Phi) is 4.80. The third kappa shape index (κ3) is 3.56. The molecule has 3 rings (SSSR count). The van der Waals surface area contributed by atoms with Crippen LogP contribution in [-0.2, 0) is 6.42 Å². The fourth-order valence-electron chi connectivity index (χ4n) is 3.02. The lowest BCUT2D eigenvalue weighted by Crippen LogP contribution is -2.33. The van der Waals surface area contributed by atoms with E-state index in [1.807, 2.05) is 0 Å². The molecule has 1 aliphatic carbocycles. The number of hydrogen-bond donors (Lipinski definition) is 1. The first-order valence-corrected chi connectivity index (χ1v) is 8.05. The Morgan fingerprint density at radius 3 is 2.88 bits per heavy atom. The van der Waals surface area contributed by atoms with Crippen LogP contribution in [0.25, 0.3) is 0 Å². The van der Waals surface area contributed by atoms with Crippen LogP contribution in [0.4, 0.5) is 8.78 Å². The molecule has 0 bridgehead atoms. The molecule has 2 aromatic rings. The van der Waals surface area contributed by atoms with Crippen molar-refractivity contribution in [3.63, 3.8) is 0 Å². The molecule has 1 amide bonds. The van der Waals surface area contributed by atoms with E-state index in [9.17, 15) is 13.6 Å². The van der Waals surface area contributed by atoms with Crippen molar-refractivity contribution in [1.29, 1.82) is 0 Å². The minimum absolute atomic E-state index is 0.0743. The maximum atomic E-state index is 13.9. The molecule has 1 heterocycles. The van der Waals surface area contributed by atoms with Gasteiger partial charge in [0.25, 0.3) is 5.91 Å². The van der Waals surface area contributed by atoms with Crippen LogP contribution in [0.3, 0.4) is 0 Å². The van der Waals surface area contributed by atoms with Crippen LogP contribution in [0, 0.1) is 24.5 Å². The molecule has 1 saturated carbocycles. The fraction of sp³-hybridized carbons (Fsp3) is 0.438. The molecule has 0 spiro atoms. The van der Waals surface area contributed by atoms with Crippen molar-refractivity contribution in [2.24, 2.45) is 5.92 Å². The van der Waals surface area contributed by atoms with Gasteiger partial charge in [0, 0.05) is 19.4 Å². The number of benzene rings is 1. The minimum Gasteiger partial charge on any atom is -0.426 e. The number of aromatic nitrogens is 2. The lowest BCUT2D eigenvalue weighted by molar-refractivity contribution is 0.0933. The molecule has 1 aromatic heterocycles. The van der Waals surface area contributed by atoms with Crippen molar-refractivity contribution in [2.45, 2.75) is 38.6 Å². The highest BCUT2D eigenvalue weighted by molar-refractivity contribution is 6.31. The van der Waals surface area contributed by atoms with E-state index in [-0.39, 0.29) is 11.6 Å². The molecule has 2 atom stereocenters. The zero-order chi connectivity index (χ0) is 17.3. The van der Waals surface area contributed by atoms with E-state index in [1.165, 1.54) is 0 Å². The monoisotopic (exact) mass is 355 g/mol. The topological polar surface area (TPSA) is 68.0 Å². The van der Waals surface area contributed by atoms with Crippen LogP contribution in [0.5, 0.6) is 0 Å². The zero-order valence-corrected chi connectivity index (χ0v) is 13.7. The van der Waals surface area contributed by atoms with Gasteiger partial charge in [0.2, 0.25) is 11.8 Å². The van der Waals surface area contributed by atoms with Gasteiger partial charge in [-0.15, -0.1) is 10.2 Å². The summed E-state index contributed by atoms with van der Waals surface area (Å²) in [7, 11) is 0. The van der Waals surface area contributed by atoms with Crippen molar-refractivity contribution < 1.29 is 18.0 Å². The Hall–Kier alpha value is -2.02. The quantitative estimate of drug-likeness (QED) is 0.853.